The van der Waals surface area contributed by atoms with E-state index >= 15 is 0 Å². The van der Waals surface area contributed by atoms with Crippen LogP contribution in [-0.2, 0) is 17.9 Å². The van der Waals surface area contributed by atoms with Crippen molar-refractivity contribution < 1.29 is 9.59 Å². The average molecular weight is 332 g/mol. The smallest absolute Gasteiger partial charge is 0.242 e. The average Bonchev–Trinajstić information content (AvgIpc) is 3.04. The minimum absolute atomic E-state index is 0.0438. The predicted octanol–water partition coefficient (Wildman–Crippen LogP) is 1.58. The van der Waals surface area contributed by atoms with Crippen LogP contribution >= 0.6 is 0 Å². The molecule has 0 saturated carbocycles. The van der Waals surface area contributed by atoms with Gasteiger partial charge in [-0.25, -0.2) is 9.67 Å². The van der Waals surface area contributed by atoms with E-state index in [2.05, 4.69) is 27.4 Å². The topological polar surface area (TPSA) is 94.7 Å². The van der Waals surface area contributed by atoms with Gasteiger partial charge >= 0.3 is 0 Å². The molecule has 0 bridgehead atoms. The number of ketones is 1. The van der Waals surface area contributed by atoms with Crippen LogP contribution in [0.1, 0.15) is 60.8 Å². The molecule has 130 valence electrons. The van der Waals surface area contributed by atoms with Crippen molar-refractivity contribution in [2.75, 3.05) is 0 Å². The molecule has 1 N–H and O–H groups in total. The van der Waals surface area contributed by atoms with Crippen molar-refractivity contribution >= 4 is 11.7 Å². The summed E-state index contributed by atoms with van der Waals surface area (Å²) in [6.07, 6.45) is 2.43. The summed E-state index contributed by atoms with van der Waals surface area (Å²) in [7, 11) is 0. The molecule has 2 aromatic rings. The summed E-state index contributed by atoms with van der Waals surface area (Å²) in [5.41, 5.74) is 1.93. The number of rotatable bonds is 7. The van der Waals surface area contributed by atoms with Gasteiger partial charge in [0, 0.05) is 12.2 Å². The summed E-state index contributed by atoms with van der Waals surface area (Å²) in [6.45, 7) is 9.82. The highest BCUT2D eigenvalue weighted by Crippen LogP contribution is 2.14. The van der Waals surface area contributed by atoms with Gasteiger partial charge < -0.3 is 5.32 Å². The molecule has 1 atom stereocenters. The summed E-state index contributed by atoms with van der Waals surface area (Å²) >= 11 is 0. The molecule has 8 nitrogen and oxygen atoms in total. The highest BCUT2D eigenvalue weighted by Gasteiger charge is 2.19. The molecule has 0 radical (unpaired) electrons. The van der Waals surface area contributed by atoms with Crippen molar-refractivity contribution in [3.05, 3.63) is 29.1 Å². The van der Waals surface area contributed by atoms with Crippen LogP contribution in [0.25, 0.3) is 0 Å². The number of Topliss-reactive ketones (excluding diaryl/α,β-unsaturated/α-hetero) is 1. The Bertz CT molecular complexity index is 746. The Morgan fingerprint density at radius 2 is 2.00 bits per heavy atom. The molecule has 0 fully saturated rings. The van der Waals surface area contributed by atoms with E-state index in [1.807, 2.05) is 6.92 Å². The fourth-order valence-corrected chi connectivity index (χ4v) is 2.84. The third-order valence-corrected chi connectivity index (χ3v) is 3.87. The first-order chi connectivity index (χ1) is 11.3. The number of carbonyl (C=O) groups excluding carboxylic acids is 2. The lowest BCUT2D eigenvalue weighted by Crippen LogP contribution is -2.32. The fourth-order valence-electron chi connectivity index (χ4n) is 2.84. The van der Waals surface area contributed by atoms with Crippen LogP contribution in [0.5, 0.6) is 0 Å². The van der Waals surface area contributed by atoms with E-state index in [0.29, 0.717) is 17.0 Å². The van der Waals surface area contributed by atoms with Crippen LogP contribution in [0.2, 0.25) is 0 Å². The van der Waals surface area contributed by atoms with E-state index in [1.165, 1.54) is 13.3 Å². The molecule has 0 spiro atoms. The Morgan fingerprint density at radius 3 is 2.58 bits per heavy atom. The van der Waals surface area contributed by atoms with E-state index in [9.17, 15) is 9.59 Å². The second-order valence-electron chi connectivity index (χ2n) is 5.89. The minimum Gasteiger partial charge on any atom is -0.345 e. The first kappa shape index (κ1) is 17.8. The van der Waals surface area contributed by atoms with Gasteiger partial charge in [0.15, 0.2) is 5.78 Å². The molecule has 8 heteroatoms. The standard InChI is InChI=1S/C16H24N6O2/c1-6-7-21-16(17-9-18-21)11(3)19-14(24)8-22-12(4)15(13(5)23)10(2)20-22/h9,11H,6-8H2,1-5H3,(H,19,24). The summed E-state index contributed by atoms with van der Waals surface area (Å²) in [4.78, 5) is 28.2. The zero-order valence-corrected chi connectivity index (χ0v) is 14.8. The Labute approximate surface area is 141 Å². The van der Waals surface area contributed by atoms with Crippen LogP contribution in [0.4, 0.5) is 0 Å². The van der Waals surface area contributed by atoms with Crippen molar-refractivity contribution in [3.63, 3.8) is 0 Å². The molecule has 1 amide bonds. The monoisotopic (exact) mass is 332 g/mol. The number of carbonyl (C=O) groups is 2. The number of nitrogens with zero attached hydrogens (tertiary/aromatic N) is 5. The number of hydrogen-bond donors (Lipinski definition) is 1. The predicted molar refractivity (Wildman–Crippen MR) is 88.6 cm³/mol. The molecule has 2 rings (SSSR count). The van der Waals surface area contributed by atoms with E-state index in [0.717, 1.165) is 18.8 Å². The van der Waals surface area contributed by atoms with E-state index in [1.54, 1.807) is 23.2 Å². The van der Waals surface area contributed by atoms with E-state index < -0.39 is 0 Å². The van der Waals surface area contributed by atoms with Crippen LogP contribution in [0, 0.1) is 13.8 Å². The van der Waals surface area contributed by atoms with Crippen LogP contribution in [0.15, 0.2) is 6.33 Å². The molecular formula is C16H24N6O2. The lowest BCUT2D eigenvalue weighted by atomic mass is 10.1. The van der Waals surface area contributed by atoms with Gasteiger partial charge in [0.2, 0.25) is 5.91 Å². The maximum Gasteiger partial charge on any atom is 0.242 e. The lowest BCUT2D eigenvalue weighted by Gasteiger charge is -2.14. The molecule has 0 aliphatic rings. The van der Waals surface area contributed by atoms with Crippen LogP contribution < -0.4 is 5.32 Å². The molecule has 0 aliphatic carbocycles. The third-order valence-electron chi connectivity index (χ3n) is 3.87. The summed E-state index contributed by atoms with van der Waals surface area (Å²) in [6, 6.07) is -0.254. The molecule has 0 saturated heterocycles. The number of amides is 1. The number of hydrogen-bond acceptors (Lipinski definition) is 5. The number of aryl methyl sites for hydroxylation is 2. The SMILES string of the molecule is CCCn1ncnc1C(C)NC(=O)Cn1nc(C)c(C(C)=O)c1C. The van der Waals surface area contributed by atoms with Gasteiger partial charge in [-0.2, -0.15) is 10.2 Å². The zero-order chi connectivity index (χ0) is 17.9. The van der Waals surface area contributed by atoms with E-state index in [4.69, 9.17) is 0 Å². The molecule has 2 aromatic heterocycles. The van der Waals surface area contributed by atoms with Gasteiger partial charge in [-0.1, -0.05) is 6.92 Å². The zero-order valence-electron chi connectivity index (χ0n) is 14.8. The molecule has 0 aromatic carbocycles. The van der Waals surface area contributed by atoms with Gasteiger partial charge in [-0.15, -0.1) is 0 Å². The maximum absolute atomic E-state index is 12.3. The largest absolute Gasteiger partial charge is 0.345 e. The van der Waals surface area contributed by atoms with Crippen LogP contribution in [-0.4, -0.2) is 36.2 Å². The molecule has 1 unspecified atom stereocenters. The van der Waals surface area contributed by atoms with E-state index in [-0.39, 0.29) is 24.3 Å². The Balaban J connectivity index is 2.07. The molecule has 24 heavy (non-hydrogen) atoms. The van der Waals surface area contributed by atoms with Crippen molar-refractivity contribution in [1.29, 1.82) is 0 Å². The molecular weight excluding hydrogens is 308 g/mol. The Hall–Kier alpha value is -2.51. The minimum atomic E-state index is -0.254. The third kappa shape index (κ3) is 3.69. The first-order valence-electron chi connectivity index (χ1n) is 8.07. The first-order valence-corrected chi connectivity index (χ1v) is 8.07. The van der Waals surface area contributed by atoms with Crippen molar-refractivity contribution in [2.24, 2.45) is 0 Å². The van der Waals surface area contributed by atoms with Crippen LogP contribution in [0.3, 0.4) is 0 Å². The summed E-state index contributed by atoms with van der Waals surface area (Å²) < 4.78 is 3.35. The molecule has 2 heterocycles. The molecule has 0 aliphatic heterocycles. The quantitative estimate of drug-likeness (QED) is 0.777. The van der Waals surface area contributed by atoms with Gasteiger partial charge in [0.1, 0.15) is 18.7 Å². The second-order valence-corrected chi connectivity index (χ2v) is 5.89. The van der Waals surface area contributed by atoms with Crippen molar-refractivity contribution in [3.8, 4) is 0 Å². The maximum atomic E-state index is 12.3. The highest BCUT2D eigenvalue weighted by molar-refractivity contribution is 5.96. The lowest BCUT2D eigenvalue weighted by molar-refractivity contribution is -0.122. The fraction of sp³-hybridized carbons (Fsp3) is 0.562. The Kier molecular flexibility index (Phi) is 5.48. The summed E-state index contributed by atoms with van der Waals surface area (Å²) in [5.74, 6) is 0.495. The summed E-state index contributed by atoms with van der Waals surface area (Å²) in [5, 5.41) is 11.4. The van der Waals surface area contributed by atoms with Crippen molar-refractivity contribution in [1.82, 2.24) is 29.9 Å². The Morgan fingerprint density at radius 1 is 1.29 bits per heavy atom. The number of aromatic nitrogens is 5. The van der Waals surface area contributed by atoms with Gasteiger partial charge in [0.05, 0.1) is 17.3 Å². The number of nitrogens with one attached hydrogen (secondary N) is 1. The van der Waals surface area contributed by atoms with Crippen molar-refractivity contribution in [2.45, 2.75) is 60.2 Å². The van der Waals surface area contributed by atoms with Gasteiger partial charge in [-0.05, 0) is 34.1 Å². The second kappa shape index (κ2) is 7.37. The van der Waals surface area contributed by atoms with Gasteiger partial charge in [0.25, 0.3) is 0 Å². The highest BCUT2D eigenvalue weighted by atomic mass is 16.2. The normalized spacial score (nSPS) is 12.2. The van der Waals surface area contributed by atoms with Gasteiger partial charge in [-0.3, -0.25) is 14.3 Å².